The Hall–Kier alpha value is -1.81. The van der Waals surface area contributed by atoms with E-state index in [2.05, 4.69) is 15.0 Å². The molecule has 3 rings (SSSR count). The van der Waals surface area contributed by atoms with Gasteiger partial charge in [-0.2, -0.15) is 0 Å². The minimum Gasteiger partial charge on any atom is -0.319 e. The van der Waals surface area contributed by atoms with Gasteiger partial charge in [-0.15, -0.1) is 0 Å². The summed E-state index contributed by atoms with van der Waals surface area (Å²) in [5.74, 6) is 0.732. The quantitative estimate of drug-likeness (QED) is 0.819. The van der Waals surface area contributed by atoms with E-state index in [9.17, 15) is 0 Å². The normalized spacial score (nSPS) is 17.1. The number of rotatable bonds is 2. The lowest BCUT2D eigenvalue weighted by molar-refractivity contribution is 0.673. The van der Waals surface area contributed by atoms with Gasteiger partial charge in [0.05, 0.1) is 16.9 Å². The molecule has 16 heavy (non-hydrogen) atoms. The van der Waals surface area contributed by atoms with Crippen molar-refractivity contribution in [1.29, 1.82) is 0 Å². The lowest BCUT2D eigenvalue weighted by atomic mass is 10.2. The van der Waals surface area contributed by atoms with Crippen molar-refractivity contribution >= 4 is 0 Å². The lowest BCUT2D eigenvalue weighted by Crippen LogP contribution is -2.22. The molecular weight excluding hydrogens is 200 g/mol. The molecule has 0 bridgehead atoms. The Morgan fingerprint density at radius 1 is 1.00 bits per heavy atom. The molecule has 1 aliphatic rings. The van der Waals surface area contributed by atoms with Crippen LogP contribution in [0.25, 0.3) is 11.4 Å². The van der Waals surface area contributed by atoms with Crippen molar-refractivity contribution in [2.45, 2.75) is 18.4 Å². The summed E-state index contributed by atoms with van der Waals surface area (Å²) in [4.78, 5) is 13.0. The first-order valence-electron chi connectivity index (χ1n) is 5.32. The van der Waals surface area contributed by atoms with Gasteiger partial charge in [0.25, 0.3) is 0 Å². The van der Waals surface area contributed by atoms with Crippen molar-refractivity contribution in [3.63, 3.8) is 0 Å². The van der Waals surface area contributed by atoms with Gasteiger partial charge in [0.1, 0.15) is 5.82 Å². The van der Waals surface area contributed by atoms with Gasteiger partial charge in [0.2, 0.25) is 0 Å². The van der Waals surface area contributed by atoms with E-state index >= 15 is 0 Å². The third kappa shape index (κ3) is 1.57. The van der Waals surface area contributed by atoms with E-state index < -0.39 is 0 Å². The molecule has 0 atom stereocenters. The molecule has 1 fully saturated rings. The van der Waals surface area contributed by atoms with Gasteiger partial charge in [-0.05, 0) is 31.0 Å². The smallest absolute Gasteiger partial charge is 0.148 e. The van der Waals surface area contributed by atoms with Crippen molar-refractivity contribution in [3.8, 4) is 11.4 Å². The minimum absolute atomic E-state index is 0.287. The van der Waals surface area contributed by atoms with E-state index in [-0.39, 0.29) is 5.54 Å². The number of aromatic nitrogens is 3. The fraction of sp³-hybridized carbons (Fsp3) is 0.250. The molecule has 80 valence electrons. The van der Waals surface area contributed by atoms with Crippen LogP contribution in [-0.2, 0) is 5.54 Å². The molecule has 0 amide bonds. The van der Waals surface area contributed by atoms with Crippen LogP contribution in [0.1, 0.15) is 18.7 Å². The van der Waals surface area contributed by atoms with Crippen molar-refractivity contribution < 1.29 is 0 Å². The third-order valence-corrected chi connectivity index (χ3v) is 2.82. The first-order chi connectivity index (χ1) is 7.78. The van der Waals surface area contributed by atoms with Crippen LogP contribution in [0, 0.1) is 0 Å². The largest absolute Gasteiger partial charge is 0.319 e. The average molecular weight is 212 g/mol. The summed E-state index contributed by atoms with van der Waals surface area (Å²) >= 11 is 0. The molecule has 2 aromatic rings. The Morgan fingerprint density at radius 3 is 2.56 bits per heavy atom. The Labute approximate surface area is 93.6 Å². The number of hydrogen-bond donors (Lipinski definition) is 1. The predicted molar refractivity (Wildman–Crippen MR) is 60.4 cm³/mol. The van der Waals surface area contributed by atoms with Gasteiger partial charge in [0.15, 0.2) is 0 Å². The van der Waals surface area contributed by atoms with Crippen LogP contribution < -0.4 is 5.73 Å². The van der Waals surface area contributed by atoms with Gasteiger partial charge >= 0.3 is 0 Å². The zero-order valence-electron chi connectivity index (χ0n) is 8.80. The second kappa shape index (κ2) is 3.35. The first-order valence-corrected chi connectivity index (χ1v) is 5.32. The zero-order valence-corrected chi connectivity index (χ0v) is 8.80. The van der Waals surface area contributed by atoms with Crippen LogP contribution in [0.5, 0.6) is 0 Å². The summed E-state index contributed by atoms with van der Waals surface area (Å²) in [5, 5.41) is 0. The molecule has 4 nitrogen and oxygen atoms in total. The second-order valence-electron chi connectivity index (χ2n) is 4.14. The van der Waals surface area contributed by atoms with Gasteiger partial charge in [-0.3, -0.25) is 4.98 Å². The molecule has 0 aliphatic heterocycles. The number of nitrogens with two attached hydrogens (primary N) is 1. The van der Waals surface area contributed by atoms with E-state index in [4.69, 9.17) is 5.73 Å². The summed E-state index contributed by atoms with van der Waals surface area (Å²) < 4.78 is 0. The molecule has 2 N–H and O–H groups in total. The maximum Gasteiger partial charge on any atom is 0.148 e. The molecule has 4 heteroatoms. The molecule has 0 spiro atoms. The molecule has 2 heterocycles. The zero-order chi connectivity index (χ0) is 11.0. The van der Waals surface area contributed by atoms with E-state index in [1.54, 1.807) is 12.4 Å². The summed E-state index contributed by atoms with van der Waals surface area (Å²) in [6.07, 6.45) is 5.45. The third-order valence-electron chi connectivity index (χ3n) is 2.82. The molecule has 1 saturated carbocycles. The van der Waals surface area contributed by atoms with Crippen LogP contribution in [0.3, 0.4) is 0 Å². The maximum absolute atomic E-state index is 6.07. The van der Waals surface area contributed by atoms with Crippen LogP contribution in [0.15, 0.2) is 36.7 Å². The highest BCUT2D eigenvalue weighted by molar-refractivity contribution is 5.53. The van der Waals surface area contributed by atoms with Crippen LogP contribution in [0.4, 0.5) is 0 Å². The lowest BCUT2D eigenvalue weighted by Gasteiger charge is -2.07. The summed E-state index contributed by atoms with van der Waals surface area (Å²) in [5.41, 5.74) is 7.47. The Morgan fingerprint density at radius 2 is 1.88 bits per heavy atom. The number of pyridine rings is 1. The summed E-state index contributed by atoms with van der Waals surface area (Å²) in [6, 6.07) is 7.62. The second-order valence-corrected chi connectivity index (χ2v) is 4.14. The van der Waals surface area contributed by atoms with Crippen molar-refractivity contribution in [2.24, 2.45) is 5.73 Å². The van der Waals surface area contributed by atoms with Gasteiger partial charge in [0, 0.05) is 12.4 Å². The molecule has 0 radical (unpaired) electrons. The van der Waals surface area contributed by atoms with E-state index in [1.165, 1.54) is 0 Å². The highest BCUT2D eigenvalue weighted by atomic mass is 15.0. The topological polar surface area (TPSA) is 64.7 Å². The van der Waals surface area contributed by atoms with Crippen molar-refractivity contribution in [1.82, 2.24) is 15.0 Å². The fourth-order valence-corrected chi connectivity index (χ4v) is 1.61. The van der Waals surface area contributed by atoms with Gasteiger partial charge in [-0.1, -0.05) is 6.07 Å². The van der Waals surface area contributed by atoms with Crippen molar-refractivity contribution in [2.75, 3.05) is 0 Å². The molecule has 0 unspecified atom stereocenters. The monoisotopic (exact) mass is 212 g/mol. The minimum atomic E-state index is -0.287. The van der Waals surface area contributed by atoms with E-state index in [1.807, 2.05) is 24.3 Å². The average Bonchev–Trinajstić information content (AvgIpc) is 3.10. The van der Waals surface area contributed by atoms with Crippen LogP contribution >= 0.6 is 0 Å². The Kier molecular flexibility index (Phi) is 1.97. The number of nitrogens with zero attached hydrogens (tertiary/aromatic N) is 3. The maximum atomic E-state index is 6.07. The molecule has 0 saturated heterocycles. The van der Waals surface area contributed by atoms with Gasteiger partial charge < -0.3 is 5.73 Å². The molecule has 1 aliphatic carbocycles. The highest BCUT2D eigenvalue weighted by Gasteiger charge is 2.43. The SMILES string of the molecule is NC1(c2nccc(-c3ccccn3)n2)CC1. The van der Waals surface area contributed by atoms with Crippen molar-refractivity contribution in [3.05, 3.63) is 42.5 Å². The van der Waals surface area contributed by atoms with Crippen LogP contribution in [-0.4, -0.2) is 15.0 Å². The first kappa shape index (κ1) is 9.42. The van der Waals surface area contributed by atoms with E-state index in [0.29, 0.717) is 0 Å². The Bertz CT molecular complexity index is 505. The molecule has 0 aromatic carbocycles. The van der Waals surface area contributed by atoms with Crippen LogP contribution in [0.2, 0.25) is 0 Å². The number of hydrogen-bond acceptors (Lipinski definition) is 4. The molecule has 2 aromatic heterocycles. The van der Waals surface area contributed by atoms with E-state index in [0.717, 1.165) is 30.1 Å². The molecular formula is C12H12N4. The summed E-state index contributed by atoms with van der Waals surface area (Å²) in [7, 11) is 0. The van der Waals surface area contributed by atoms with Gasteiger partial charge in [-0.25, -0.2) is 9.97 Å². The highest BCUT2D eigenvalue weighted by Crippen LogP contribution is 2.40. The Balaban J connectivity index is 2.03. The predicted octanol–water partition coefficient (Wildman–Crippen LogP) is 1.49. The summed E-state index contributed by atoms with van der Waals surface area (Å²) in [6.45, 7) is 0. The fourth-order valence-electron chi connectivity index (χ4n) is 1.61. The standard InChI is InChI=1S/C12H12N4/c13-12(5-6-12)11-15-8-4-10(16-11)9-3-1-2-7-14-9/h1-4,7-8H,5-6,13H2.